The van der Waals surface area contributed by atoms with Crippen LogP contribution >= 0.6 is 0 Å². The van der Waals surface area contributed by atoms with Crippen LogP contribution in [0.4, 0.5) is 0 Å². The molecule has 5 nitrogen and oxygen atoms in total. The van der Waals surface area contributed by atoms with Gasteiger partial charge in [0.1, 0.15) is 0 Å². The molecule has 108 valence electrons. The van der Waals surface area contributed by atoms with Gasteiger partial charge in [-0.2, -0.15) is 0 Å². The Labute approximate surface area is 117 Å². The van der Waals surface area contributed by atoms with Gasteiger partial charge in [-0.05, 0) is 44.5 Å². The van der Waals surface area contributed by atoms with E-state index in [4.69, 9.17) is 14.6 Å². The first-order valence-corrected chi connectivity index (χ1v) is 6.33. The van der Waals surface area contributed by atoms with Crippen LogP contribution in [0.2, 0.25) is 0 Å². The summed E-state index contributed by atoms with van der Waals surface area (Å²) in [6.45, 7) is 6.16. The van der Waals surface area contributed by atoms with Gasteiger partial charge in [0, 0.05) is 0 Å². The molecule has 1 N–H and O–H groups in total. The van der Waals surface area contributed by atoms with E-state index < -0.39 is 11.8 Å². The van der Waals surface area contributed by atoms with Crippen molar-refractivity contribution < 1.29 is 24.2 Å². The Morgan fingerprint density at radius 2 is 2.00 bits per heavy atom. The zero-order chi connectivity index (χ0) is 15.1. The summed E-state index contributed by atoms with van der Waals surface area (Å²) >= 11 is 0. The molecule has 0 radical (unpaired) electrons. The van der Waals surface area contributed by atoms with Crippen molar-refractivity contribution in [2.75, 3.05) is 6.61 Å². The highest BCUT2D eigenvalue weighted by atomic mass is 16.5. The summed E-state index contributed by atoms with van der Waals surface area (Å²) in [4.78, 5) is 21.4. The fraction of sp³-hybridized carbons (Fsp3) is 0.333. The number of hydrogen-bond acceptors (Lipinski definition) is 4. The van der Waals surface area contributed by atoms with Crippen LogP contribution in [0.1, 0.15) is 26.3 Å². The summed E-state index contributed by atoms with van der Waals surface area (Å²) in [6, 6.07) is 5.16. The second-order valence-corrected chi connectivity index (χ2v) is 4.31. The molecule has 20 heavy (non-hydrogen) atoms. The maximum Gasteiger partial charge on any atom is 0.376 e. The van der Waals surface area contributed by atoms with Crippen LogP contribution in [-0.4, -0.2) is 29.6 Å². The molecule has 5 heteroatoms. The summed E-state index contributed by atoms with van der Waals surface area (Å²) in [5, 5.41) is 8.50. The molecular weight excluding hydrogens is 260 g/mol. The average molecular weight is 278 g/mol. The average Bonchev–Trinajstić information content (AvgIpc) is 2.38. The lowest BCUT2D eigenvalue weighted by molar-refractivity contribution is -0.146. The van der Waals surface area contributed by atoms with Crippen molar-refractivity contribution in [3.05, 3.63) is 29.8 Å². The SMILES string of the molecule is CCOc1cc(/C=C/C(=O)C(=O)O)ccc1OC(C)C. The van der Waals surface area contributed by atoms with Gasteiger partial charge >= 0.3 is 5.97 Å². The van der Waals surface area contributed by atoms with E-state index in [0.29, 0.717) is 23.7 Å². The quantitative estimate of drug-likeness (QED) is 0.613. The Balaban J connectivity index is 2.97. The van der Waals surface area contributed by atoms with Gasteiger partial charge in [0.2, 0.25) is 0 Å². The second kappa shape index (κ2) is 7.33. The molecule has 0 amide bonds. The second-order valence-electron chi connectivity index (χ2n) is 4.31. The fourth-order valence-corrected chi connectivity index (χ4v) is 1.49. The van der Waals surface area contributed by atoms with Crippen LogP contribution in [0, 0.1) is 0 Å². The smallest absolute Gasteiger partial charge is 0.376 e. The maximum absolute atomic E-state index is 11.0. The van der Waals surface area contributed by atoms with Gasteiger partial charge in [0.25, 0.3) is 5.78 Å². The van der Waals surface area contributed by atoms with E-state index in [2.05, 4.69) is 0 Å². The van der Waals surface area contributed by atoms with E-state index in [1.54, 1.807) is 18.2 Å². The number of aliphatic carboxylic acids is 1. The molecular formula is C15H18O5. The Morgan fingerprint density at radius 3 is 2.55 bits per heavy atom. The molecule has 0 atom stereocenters. The summed E-state index contributed by atoms with van der Waals surface area (Å²) in [5.74, 6) is -1.27. The van der Waals surface area contributed by atoms with Crippen molar-refractivity contribution in [1.29, 1.82) is 0 Å². The third-order valence-electron chi connectivity index (χ3n) is 2.27. The summed E-state index contributed by atoms with van der Waals surface area (Å²) in [6.07, 6.45) is 2.46. The van der Waals surface area contributed by atoms with Crippen LogP contribution < -0.4 is 9.47 Å². The number of ketones is 1. The van der Waals surface area contributed by atoms with Crippen molar-refractivity contribution in [3.63, 3.8) is 0 Å². The minimum atomic E-state index is -1.48. The fourth-order valence-electron chi connectivity index (χ4n) is 1.49. The third kappa shape index (κ3) is 4.76. The van der Waals surface area contributed by atoms with Crippen molar-refractivity contribution in [2.24, 2.45) is 0 Å². The molecule has 0 saturated heterocycles. The highest BCUT2D eigenvalue weighted by Crippen LogP contribution is 2.29. The molecule has 1 aromatic carbocycles. The normalized spacial score (nSPS) is 10.8. The predicted molar refractivity (Wildman–Crippen MR) is 75.1 cm³/mol. The summed E-state index contributed by atoms with van der Waals surface area (Å²) in [5.41, 5.74) is 0.666. The topological polar surface area (TPSA) is 72.8 Å². The van der Waals surface area contributed by atoms with Crippen LogP contribution in [0.3, 0.4) is 0 Å². The Hall–Kier alpha value is -2.30. The number of carboxylic acid groups (broad SMARTS) is 1. The van der Waals surface area contributed by atoms with Gasteiger partial charge in [0.05, 0.1) is 12.7 Å². The minimum absolute atomic E-state index is 0.0178. The van der Waals surface area contributed by atoms with Gasteiger partial charge in [-0.15, -0.1) is 0 Å². The number of ether oxygens (including phenoxy) is 2. The molecule has 0 aliphatic carbocycles. The highest BCUT2D eigenvalue weighted by Gasteiger charge is 2.09. The monoisotopic (exact) mass is 278 g/mol. The van der Waals surface area contributed by atoms with Crippen molar-refractivity contribution in [2.45, 2.75) is 26.9 Å². The molecule has 0 saturated carbocycles. The Kier molecular flexibility index (Phi) is 5.77. The molecule has 0 aromatic heterocycles. The van der Waals surface area contributed by atoms with Gasteiger partial charge in [0.15, 0.2) is 11.5 Å². The summed E-state index contributed by atoms with van der Waals surface area (Å²) in [7, 11) is 0. The largest absolute Gasteiger partial charge is 0.490 e. The maximum atomic E-state index is 11.0. The number of carbonyl (C=O) groups excluding carboxylic acids is 1. The van der Waals surface area contributed by atoms with Crippen LogP contribution in [0.25, 0.3) is 6.08 Å². The third-order valence-corrected chi connectivity index (χ3v) is 2.27. The van der Waals surface area contributed by atoms with Crippen molar-refractivity contribution in [1.82, 2.24) is 0 Å². The van der Waals surface area contributed by atoms with E-state index in [1.165, 1.54) is 6.08 Å². The lowest BCUT2D eigenvalue weighted by atomic mass is 10.1. The first kappa shape index (κ1) is 15.8. The molecule has 0 spiro atoms. The summed E-state index contributed by atoms with van der Waals surface area (Å²) < 4.78 is 11.1. The molecule has 0 unspecified atom stereocenters. The van der Waals surface area contributed by atoms with E-state index in [9.17, 15) is 9.59 Å². The van der Waals surface area contributed by atoms with Gasteiger partial charge in [-0.3, -0.25) is 4.79 Å². The Bertz CT molecular complexity index is 517. The van der Waals surface area contributed by atoms with Crippen molar-refractivity contribution >= 4 is 17.8 Å². The molecule has 0 bridgehead atoms. The predicted octanol–water partition coefficient (Wildman–Crippen LogP) is 2.54. The van der Waals surface area contributed by atoms with Gasteiger partial charge in [-0.1, -0.05) is 12.1 Å². The van der Waals surface area contributed by atoms with E-state index in [0.717, 1.165) is 6.08 Å². The van der Waals surface area contributed by atoms with Gasteiger partial charge in [-0.25, -0.2) is 4.79 Å². The Morgan fingerprint density at radius 1 is 1.30 bits per heavy atom. The molecule has 0 aliphatic heterocycles. The number of benzene rings is 1. The molecule has 0 fully saturated rings. The zero-order valence-corrected chi connectivity index (χ0v) is 11.8. The first-order valence-electron chi connectivity index (χ1n) is 6.33. The van der Waals surface area contributed by atoms with Crippen LogP contribution in [-0.2, 0) is 9.59 Å². The molecule has 0 heterocycles. The zero-order valence-electron chi connectivity index (χ0n) is 11.8. The molecule has 0 aliphatic rings. The lowest BCUT2D eigenvalue weighted by Gasteiger charge is -2.14. The van der Waals surface area contributed by atoms with Crippen LogP contribution in [0.5, 0.6) is 11.5 Å². The minimum Gasteiger partial charge on any atom is -0.490 e. The van der Waals surface area contributed by atoms with E-state index >= 15 is 0 Å². The van der Waals surface area contributed by atoms with Crippen molar-refractivity contribution in [3.8, 4) is 11.5 Å². The van der Waals surface area contributed by atoms with E-state index in [-0.39, 0.29) is 6.10 Å². The first-order chi connectivity index (χ1) is 9.43. The standard InChI is InChI=1S/C15H18O5/c1-4-19-14-9-11(5-7-12(16)15(17)18)6-8-13(14)20-10(2)3/h5-10H,4H2,1-3H3,(H,17,18)/b7-5+. The number of carbonyl (C=O) groups is 2. The number of rotatable bonds is 7. The number of hydrogen-bond donors (Lipinski definition) is 1. The number of carboxylic acids is 1. The lowest BCUT2D eigenvalue weighted by Crippen LogP contribution is -2.08. The molecule has 1 aromatic rings. The molecule has 1 rings (SSSR count). The van der Waals surface area contributed by atoms with Gasteiger partial charge < -0.3 is 14.6 Å². The van der Waals surface area contributed by atoms with E-state index in [1.807, 2.05) is 20.8 Å². The van der Waals surface area contributed by atoms with Crippen LogP contribution in [0.15, 0.2) is 24.3 Å². The highest BCUT2D eigenvalue weighted by molar-refractivity contribution is 6.38.